The minimum atomic E-state index is -0.477. The van der Waals surface area contributed by atoms with E-state index in [-0.39, 0.29) is 0 Å². The molecule has 0 amide bonds. The molecule has 0 aliphatic carbocycles. The number of aromatic nitrogens is 1. The normalized spacial score (nSPS) is 9.29. The molecule has 0 spiro atoms. The number of hydrogen-bond donors (Lipinski definition) is 0. The Bertz CT molecular complexity index is 145. The van der Waals surface area contributed by atoms with Crippen LogP contribution in [-0.2, 0) is 0 Å². The molecule has 0 saturated heterocycles. The van der Waals surface area contributed by atoms with Crippen molar-refractivity contribution in [1.29, 1.82) is 0 Å². The summed E-state index contributed by atoms with van der Waals surface area (Å²) >= 11 is 5.63. The van der Waals surface area contributed by atoms with Crippen LogP contribution in [0.15, 0.2) is 9.72 Å². The van der Waals surface area contributed by atoms with Crippen molar-refractivity contribution in [3.05, 3.63) is 11.3 Å². The van der Waals surface area contributed by atoms with Crippen LogP contribution in [0.3, 0.4) is 0 Å². The maximum Gasteiger partial charge on any atom is 0.225 e. The average molecular weight is 134 g/mol. The lowest BCUT2D eigenvalue weighted by Gasteiger charge is -1.65. The monoisotopic (exact) mass is 134 g/mol. The molecule has 7 heavy (non-hydrogen) atoms. The van der Waals surface area contributed by atoms with Gasteiger partial charge in [-0.3, -0.25) is 0 Å². The third-order valence-corrected chi connectivity index (χ3v) is 1.44. The van der Waals surface area contributed by atoms with E-state index in [0.717, 1.165) is 11.3 Å². The second-order valence-corrected chi connectivity index (χ2v) is 2.44. The molecule has 0 fully saturated rings. The van der Waals surface area contributed by atoms with Crippen molar-refractivity contribution in [2.75, 3.05) is 0 Å². The first-order valence-electron chi connectivity index (χ1n) is 1.57. The number of halogens is 1. The summed E-state index contributed by atoms with van der Waals surface area (Å²) in [7, 11) is 0. The molecule has 0 bridgehead atoms. The molecule has 1 aromatic heterocycles. The summed E-state index contributed by atoms with van der Waals surface area (Å²) in [6, 6.07) is 0. The third-order valence-electron chi connectivity index (χ3n) is 0.455. The van der Waals surface area contributed by atoms with Gasteiger partial charge in [0.1, 0.15) is 0 Å². The highest BCUT2D eigenvalue weighted by Gasteiger charge is 1.92. The first-order chi connectivity index (χ1) is 3.29. The average Bonchev–Trinajstić information content (AvgIpc) is 1.87. The van der Waals surface area contributed by atoms with Crippen molar-refractivity contribution in [2.24, 2.45) is 0 Å². The summed E-state index contributed by atoms with van der Waals surface area (Å²) in [5, 5.41) is 1.28. The molecule has 4 heteroatoms. The Morgan fingerprint density at radius 2 is 2.57 bits per heavy atom. The highest BCUT2D eigenvalue weighted by molar-refractivity contribution is 7.82. The van der Waals surface area contributed by atoms with Crippen LogP contribution in [0.4, 0.5) is 4.39 Å². The van der Waals surface area contributed by atoms with E-state index in [1.54, 1.807) is 0 Å². The van der Waals surface area contributed by atoms with Gasteiger partial charge >= 0.3 is 0 Å². The van der Waals surface area contributed by atoms with Gasteiger partial charge in [0.25, 0.3) is 0 Å². The molecule has 0 N–H and O–H groups in total. The fraction of sp³-hybridized carbons (Fsp3) is 0. The summed E-state index contributed by atoms with van der Waals surface area (Å²) in [5.41, 5.74) is 0. The summed E-state index contributed by atoms with van der Waals surface area (Å²) in [5.74, 6) is -0.477. The van der Waals surface area contributed by atoms with Gasteiger partial charge in [0.05, 0.1) is 0 Å². The van der Waals surface area contributed by atoms with Gasteiger partial charge in [-0.05, 0) is 12.6 Å². The predicted molar refractivity (Wildman–Crippen MR) is 27.9 cm³/mol. The predicted octanol–water partition coefficient (Wildman–Crippen LogP) is 1.84. The molecule has 1 aromatic rings. The first-order valence-corrected chi connectivity index (χ1v) is 2.86. The smallest absolute Gasteiger partial charge is 0.197 e. The molecule has 0 saturated carbocycles. The molecule has 0 aromatic carbocycles. The van der Waals surface area contributed by atoms with Gasteiger partial charge < -0.3 is 0 Å². The number of nitrogens with zero attached hydrogens (tertiary/aromatic N) is 1. The van der Waals surface area contributed by atoms with E-state index in [1.807, 2.05) is 0 Å². The Morgan fingerprint density at radius 3 is 2.71 bits per heavy atom. The maximum absolute atomic E-state index is 11.8. The first kappa shape index (κ1) is 4.93. The summed E-state index contributed by atoms with van der Waals surface area (Å²) < 4.78 is 12.1. The fourth-order valence-electron chi connectivity index (χ4n) is 0.239. The van der Waals surface area contributed by atoms with Crippen LogP contribution in [0, 0.1) is 5.95 Å². The Labute approximate surface area is 49.6 Å². The third kappa shape index (κ3) is 1.07. The highest BCUT2D eigenvalue weighted by atomic mass is 32.2. The van der Waals surface area contributed by atoms with Gasteiger partial charge in [-0.2, -0.15) is 9.37 Å². The minimum Gasteiger partial charge on any atom is -0.197 e. The van der Waals surface area contributed by atoms with Crippen molar-refractivity contribution in [3.63, 3.8) is 0 Å². The molecule has 0 unspecified atom stereocenters. The molecule has 0 atom stereocenters. The summed E-state index contributed by atoms with van der Waals surface area (Å²) in [6.07, 6.45) is 0. The molecule has 1 radical (unpaired) electrons. The Hall–Kier alpha value is -0.220. The van der Waals surface area contributed by atoms with Crippen LogP contribution >= 0.6 is 24.0 Å². The molecule has 0 aliphatic heterocycles. The van der Waals surface area contributed by atoms with Crippen LogP contribution in [0.5, 0.6) is 0 Å². The Kier molecular flexibility index (Phi) is 1.21. The quantitative estimate of drug-likeness (QED) is 0.527. The Morgan fingerprint density at radius 1 is 1.86 bits per heavy atom. The number of thiazole rings is 1. The Balaban J connectivity index is 3.04. The second kappa shape index (κ2) is 1.71. The minimum absolute atomic E-state index is 0.359. The second-order valence-electron chi connectivity index (χ2n) is 0.936. The molecule has 1 heterocycles. The molecule has 37 valence electrons. The number of rotatable bonds is 0. The van der Waals surface area contributed by atoms with Gasteiger partial charge in [0.2, 0.25) is 5.95 Å². The van der Waals surface area contributed by atoms with Gasteiger partial charge in [-0.1, -0.05) is 0 Å². The lowest BCUT2D eigenvalue weighted by Crippen LogP contribution is -1.65. The van der Waals surface area contributed by atoms with E-state index < -0.39 is 5.95 Å². The molecule has 1 nitrogen and oxygen atoms in total. The van der Waals surface area contributed by atoms with Crippen molar-refractivity contribution >= 4 is 24.0 Å². The molecule has 1 rings (SSSR count). The zero-order valence-electron chi connectivity index (χ0n) is 3.22. The fourth-order valence-corrected chi connectivity index (χ4v) is 0.861. The summed E-state index contributed by atoms with van der Waals surface area (Å²) in [6.45, 7) is 0. The van der Waals surface area contributed by atoms with Crippen molar-refractivity contribution in [2.45, 2.75) is 4.34 Å². The SMILES string of the molecule is Fc1csc([S])n1. The lowest BCUT2D eigenvalue weighted by atomic mass is 11.0. The van der Waals surface area contributed by atoms with Crippen molar-refractivity contribution in [1.82, 2.24) is 4.98 Å². The zero-order valence-corrected chi connectivity index (χ0v) is 4.85. The maximum atomic E-state index is 11.8. The highest BCUT2D eigenvalue weighted by Crippen LogP contribution is 2.10. The van der Waals surface area contributed by atoms with Gasteiger partial charge in [0, 0.05) is 5.38 Å². The van der Waals surface area contributed by atoms with Crippen molar-refractivity contribution < 1.29 is 4.39 Å². The lowest BCUT2D eigenvalue weighted by molar-refractivity contribution is 0.585. The number of hydrogen-bond acceptors (Lipinski definition) is 2. The summed E-state index contributed by atoms with van der Waals surface area (Å²) in [4.78, 5) is 3.28. The van der Waals surface area contributed by atoms with E-state index in [4.69, 9.17) is 0 Å². The van der Waals surface area contributed by atoms with Crippen LogP contribution < -0.4 is 0 Å². The van der Waals surface area contributed by atoms with Gasteiger partial charge in [0.15, 0.2) is 4.34 Å². The topological polar surface area (TPSA) is 12.9 Å². The van der Waals surface area contributed by atoms with Gasteiger partial charge in [-0.15, -0.1) is 11.3 Å². The van der Waals surface area contributed by atoms with Crippen LogP contribution in [0.1, 0.15) is 0 Å². The van der Waals surface area contributed by atoms with Crippen molar-refractivity contribution in [3.8, 4) is 0 Å². The van der Waals surface area contributed by atoms with E-state index in [1.165, 1.54) is 5.38 Å². The molecular weight excluding hydrogens is 133 g/mol. The molecular formula is C3HFNS2. The standard InChI is InChI=1S/C3HFNS2/c4-2-1-7-3(6)5-2/h1H. The van der Waals surface area contributed by atoms with E-state index in [0.29, 0.717) is 4.34 Å². The largest absolute Gasteiger partial charge is 0.225 e. The van der Waals surface area contributed by atoms with E-state index in [9.17, 15) is 4.39 Å². The van der Waals surface area contributed by atoms with E-state index in [2.05, 4.69) is 17.6 Å². The molecule has 0 aliphatic rings. The zero-order chi connectivity index (χ0) is 5.28. The van der Waals surface area contributed by atoms with Crippen LogP contribution in [0.2, 0.25) is 0 Å². The van der Waals surface area contributed by atoms with E-state index >= 15 is 0 Å². The van der Waals surface area contributed by atoms with Crippen LogP contribution in [-0.4, -0.2) is 4.98 Å². The van der Waals surface area contributed by atoms with Crippen LogP contribution in [0.25, 0.3) is 0 Å². The van der Waals surface area contributed by atoms with Gasteiger partial charge in [-0.25, -0.2) is 0 Å².